The minimum absolute atomic E-state index is 0.211. The predicted octanol–water partition coefficient (Wildman–Crippen LogP) is 3.11. The topological polar surface area (TPSA) is 90.5 Å². The summed E-state index contributed by atoms with van der Waals surface area (Å²) in [5, 5.41) is 22.4. The van der Waals surface area contributed by atoms with Crippen LogP contribution in [0.1, 0.15) is 39.5 Å². The van der Waals surface area contributed by atoms with Gasteiger partial charge in [0.1, 0.15) is 5.75 Å². The summed E-state index contributed by atoms with van der Waals surface area (Å²) in [6.07, 6.45) is 5.07. The number of hydrogen-bond donors (Lipinski definition) is 3. The van der Waals surface area contributed by atoms with Crippen molar-refractivity contribution >= 4 is 11.5 Å². The Balaban J connectivity index is 1.32. The number of anilines is 2. The lowest BCUT2D eigenvalue weighted by Crippen LogP contribution is -2.55. The number of nitrogens with two attached hydrogens (primary N) is 1. The van der Waals surface area contributed by atoms with Crippen LogP contribution in [0.3, 0.4) is 0 Å². The molecule has 0 radical (unpaired) electrons. The quantitative estimate of drug-likeness (QED) is 0.678. The van der Waals surface area contributed by atoms with Crippen LogP contribution >= 0.6 is 0 Å². The first-order valence-electron chi connectivity index (χ1n) is 12.0. The molecule has 3 fully saturated rings. The Morgan fingerprint density at radius 2 is 1.88 bits per heavy atom. The standard InChI is InChI=1S/C25H36N6O/c1-25(2)12-17(9-10-27-16-25)13-31-18-7-8-19(31)15-30(14-18)22-11-21(28-29-24(22)26)20-5-3-4-6-23(20)32/h3-6,11,17-19,27,32H,7-10,12-16H2,1-2H3,(H2,26,29). The van der Waals surface area contributed by atoms with E-state index in [0.29, 0.717) is 34.6 Å². The Kier molecular flexibility index (Phi) is 5.72. The largest absolute Gasteiger partial charge is 0.507 e. The van der Waals surface area contributed by atoms with Gasteiger partial charge in [0.2, 0.25) is 0 Å². The fraction of sp³-hybridized carbons (Fsp3) is 0.600. The first-order valence-corrected chi connectivity index (χ1v) is 12.0. The Morgan fingerprint density at radius 3 is 2.62 bits per heavy atom. The van der Waals surface area contributed by atoms with Gasteiger partial charge in [0.25, 0.3) is 0 Å². The van der Waals surface area contributed by atoms with E-state index in [0.717, 1.165) is 37.8 Å². The van der Waals surface area contributed by atoms with Crippen LogP contribution in [0.5, 0.6) is 5.75 Å². The highest BCUT2D eigenvalue weighted by Gasteiger charge is 2.42. The molecule has 1 aromatic carbocycles. The highest BCUT2D eigenvalue weighted by molar-refractivity contribution is 5.74. The van der Waals surface area contributed by atoms with Crippen molar-refractivity contribution in [2.45, 2.75) is 51.6 Å². The van der Waals surface area contributed by atoms with E-state index >= 15 is 0 Å². The molecule has 0 spiro atoms. The van der Waals surface area contributed by atoms with Crippen molar-refractivity contribution in [2.24, 2.45) is 11.3 Å². The van der Waals surface area contributed by atoms with E-state index in [1.54, 1.807) is 6.07 Å². The number of para-hydroxylation sites is 1. The van der Waals surface area contributed by atoms with E-state index in [-0.39, 0.29) is 5.75 Å². The molecular formula is C25H36N6O. The molecule has 3 aliphatic rings. The van der Waals surface area contributed by atoms with E-state index in [1.165, 1.54) is 32.2 Å². The third-order valence-electron chi connectivity index (χ3n) is 7.60. The minimum atomic E-state index is 0.211. The SMILES string of the molecule is CC1(C)CNCCC(CN2C3CCC2CN(c2cc(-c4ccccc4O)nnc2N)C3)C1. The highest BCUT2D eigenvalue weighted by Crippen LogP contribution is 2.38. The Bertz CT molecular complexity index is 949. The van der Waals surface area contributed by atoms with Gasteiger partial charge in [0.05, 0.1) is 11.4 Å². The molecule has 2 aromatic rings. The molecule has 3 unspecified atom stereocenters. The van der Waals surface area contributed by atoms with Crippen molar-refractivity contribution in [3.05, 3.63) is 30.3 Å². The van der Waals surface area contributed by atoms with Crippen molar-refractivity contribution in [1.29, 1.82) is 0 Å². The number of phenols is 1. The first-order chi connectivity index (χ1) is 15.4. The van der Waals surface area contributed by atoms with Crippen molar-refractivity contribution < 1.29 is 5.11 Å². The van der Waals surface area contributed by atoms with E-state index in [2.05, 4.69) is 39.2 Å². The van der Waals surface area contributed by atoms with E-state index in [1.807, 2.05) is 24.3 Å². The molecule has 2 bridgehead atoms. The van der Waals surface area contributed by atoms with Crippen molar-refractivity contribution in [1.82, 2.24) is 20.4 Å². The summed E-state index contributed by atoms with van der Waals surface area (Å²) in [4.78, 5) is 5.18. The summed E-state index contributed by atoms with van der Waals surface area (Å²) in [6.45, 7) is 10.2. The van der Waals surface area contributed by atoms with Crippen LogP contribution in [0.25, 0.3) is 11.3 Å². The van der Waals surface area contributed by atoms with E-state index < -0.39 is 0 Å². The Hall–Kier alpha value is -2.38. The minimum Gasteiger partial charge on any atom is -0.507 e. The lowest BCUT2D eigenvalue weighted by molar-refractivity contribution is 0.125. The second kappa shape index (κ2) is 8.52. The van der Waals surface area contributed by atoms with Crippen LogP contribution in [-0.2, 0) is 0 Å². The van der Waals surface area contributed by atoms with Crippen LogP contribution in [0.4, 0.5) is 11.5 Å². The molecule has 3 aliphatic heterocycles. The Morgan fingerprint density at radius 1 is 1.12 bits per heavy atom. The smallest absolute Gasteiger partial charge is 0.169 e. The van der Waals surface area contributed by atoms with Crippen molar-refractivity contribution in [3.63, 3.8) is 0 Å². The maximum Gasteiger partial charge on any atom is 0.169 e. The molecule has 4 heterocycles. The molecule has 32 heavy (non-hydrogen) atoms. The van der Waals surface area contributed by atoms with E-state index in [4.69, 9.17) is 5.73 Å². The highest BCUT2D eigenvalue weighted by atomic mass is 16.3. The summed E-state index contributed by atoms with van der Waals surface area (Å²) < 4.78 is 0. The lowest BCUT2D eigenvalue weighted by Gasteiger charge is -2.44. The molecule has 7 nitrogen and oxygen atoms in total. The average molecular weight is 437 g/mol. The number of nitrogens with one attached hydrogen (secondary N) is 1. The number of aromatic nitrogens is 2. The molecule has 0 saturated carbocycles. The third kappa shape index (κ3) is 4.28. The van der Waals surface area contributed by atoms with Crippen molar-refractivity contribution in [3.8, 4) is 17.0 Å². The molecular weight excluding hydrogens is 400 g/mol. The molecule has 7 heteroatoms. The maximum atomic E-state index is 10.3. The molecule has 3 atom stereocenters. The van der Waals surface area contributed by atoms with Gasteiger partial charge in [-0.05, 0) is 61.8 Å². The summed E-state index contributed by atoms with van der Waals surface area (Å²) in [6, 6.07) is 10.4. The molecule has 1 aromatic heterocycles. The first kappa shape index (κ1) is 21.5. The van der Waals surface area contributed by atoms with Gasteiger partial charge in [-0.25, -0.2) is 0 Å². The van der Waals surface area contributed by atoms with Gasteiger partial charge in [0.15, 0.2) is 5.82 Å². The van der Waals surface area contributed by atoms with Crippen molar-refractivity contribution in [2.75, 3.05) is 43.4 Å². The second-order valence-electron chi connectivity index (χ2n) is 10.7. The number of rotatable bonds is 4. The summed E-state index contributed by atoms with van der Waals surface area (Å²) in [5.41, 5.74) is 8.94. The number of phenolic OH excluding ortho intramolecular Hbond substituents is 1. The van der Waals surface area contributed by atoms with Crippen LogP contribution in [-0.4, -0.2) is 65.0 Å². The van der Waals surface area contributed by atoms with Gasteiger partial charge in [-0.2, -0.15) is 0 Å². The van der Waals surface area contributed by atoms with E-state index in [9.17, 15) is 5.11 Å². The fourth-order valence-corrected chi connectivity index (χ4v) is 6.09. The number of fused-ring (bicyclic) bond motifs is 2. The van der Waals surface area contributed by atoms with Crippen LogP contribution in [0.2, 0.25) is 0 Å². The molecule has 5 rings (SSSR count). The van der Waals surface area contributed by atoms with Gasteiger partial charge in [-0.15, -0.1) is 10.2 Å². The van der Waals surface area contributed by atoms with Crippen LogP contribution in [0.15, 0.2) is 30.3 Å². The number of hydrogen-bond acceptors (Lipinski definition) is 7. The van der Waals surface area contributed by atoms with Crippen LogP contribution < -0.4 is 16.0 Å². The van der Waals surface area contributed by atoms with Gasteiger partial charge in [-0.3, -0.25) is 4.90 Å². The summed E-state index contributed by atoms with van der Waals surface area (Å²) >= 11 is 0. The molecule has 4 N–H and O–H groups in total. The number of benzene rings is 1. The maximum absolute atomic E-state index is 10.3. The zero-order chi connectivity index (χ0) is 22.3. The molecule has 0 aliphatic carbocycles. The monoisotopic (exact) mass is 436 g/mol. The predicted molar refractivity (Wildman–Crippen MR) is 129 cm³/mol. The number of nitrogen functional groups attached to an aromatic ring is 1. The molecule has 3 saturated heterocycles. The number of piperazine rings is 1. The zero-order valence-corrected chi connectivity index (χ0v) is 19.3. The third-order valence-corrected chi connectivity index (χ3v) is 7.60. The zero-order valence-electron chi connectivity index (χ0n) is 19.3. The Labute approximate surface area is 191 Å². The van der Waals surface area contributed by atoms with Crippen LogP contribution in [0, 0.1) is 11.3 Å². The fourth-order valence-electron chi connectivity index (χ4n) is 6.09. The normalized spacial score (nSPS) is 27.9. The van der Waals surface area contributed by atoms with Gasteiger partial charge in [0, 0.05) is 43.8 Å². The summed E-state index contributed by atoms with van der Waals surface area (Å²) in [7, 11) is 0. The van der Waals surface area contributed by atoms with Gasteiger partial charge in [-0.1, -0.05) is 26.0 Å². The second-order valence-corrected chi connectivity index (χ2v) is 10.7. The summed E-state index contributed by atoms with van der Waals surface area (Å²) in [5.74, 6) is 1.44. The molecule has 0 amide bonds. The average Bonchev–Trinajstić information content (AvgIpc) is 2.92. The molecule has 172 valence electrons. The van der Waals surface area contributed by atoms with Gasteiger partial charge >= 0.3 is 0 Å². The number of nitrogens with zero attached hydrogens (tertiary/aromatic N) is 4. The number of aromatic hydroxyl groups is 1. The lowest BCUT2D eigenvalue weighted by atomic mass is 9.82. The van der Waals surface area contributed by atoms with Gasteiger partial charge < -0.3 is 21.1 Å².